The van der Waals surface area contributed by atoms with E-state index in [0.29, 0.717) is 12.8 Å². The summed E-state index contributed by atoms with van der Waals surface area (Å²) < 4.78 is 13.5. The highest BCUT2D eigenvalue weighted by Gasteiger charge is 2.55. The molecule has 1 saturated heterocycles. The molecule has 1 spiro atoms. The van der Waals surface area contributed by atoms with Crippen LogP contribution in [0.2, 0.25) is 0 Å². The number of amides is 6. The van der Waals surface area contributed by atoms with Crippen LogP contribution in [0.25, 0.3) is 0 Å². The number of carbonyl (C=O) groups is 4. The Kier molecular flexibility index (Phi) is 5.11. The van der Waals surface area contributed by atoms with E-state index in [1.54, 1.807) is 7.05 Å². The quantitative estimate of drug-likeness (QED) is 0.789. The third kappa shape index (κ3) is 3.49. The predicted molar refractivity (Wildman–Crippen MR) is 94.2 cm³/mol. The van der Waals surface area contributed by atoms with Gasteiger partial charge in [-0.15, -0.1) is 0 Å². The number of nitrogens with one attached hydrogen (secondary N) is 2. The van der Waals surface area contributed by atoms with Crippen molar-refractivity contribution in [2.24, 2.45) is 0 Å². The lowest BCUT2D eigenvalue weighted by molar-refractivity contribution is -0.137. The molecule has 8 nitrogen and oxygen atoms in total. The van der Waals surface area contributed by atoms with Crippen LogP contribution in [0, 0.1) is 5.82 Å². The van der Waals surface area contributed by atoms with Gasteiger partial charge in [-0.05, 0) is 25.0 Å². The van der Waals surface area contributed by atoms with Gasteiger partial charge in [0.15, 0.2) is 0 Å². The molecule has 0 atom stereocenters. The number of hydrogen-bond acceptors (Lipinski definition) is 4. The minimum absolute atomic E-state index is 0.0861. The van der Waals surface area contributed by atoms with Gasteiger partial charge in [0.1, 0.15) is 17.9 Å². The monoisotopic (exact) mass is 376 g/mol. The van der Waals surface area contributed by atoms with Gasteiger partial charge in [0, 0.05) is 7.05 Å². The Labute approximate surface area is 155 Å². The van der Waals surface area contributed by atoms with Crippen LogP contribution in [-0.4, -0.2) is 52.8 Å². The van der Waals surface area contributed by atoms with E-state index in [0.717, 1.165) is 24.2 Å². The molecule has 0 aromatic heterocycles. The molecule has 1 heterocycles. The average molecular weight is 376 g/mol. The number of nitrogens with zero attached hydrogens (tertiary/aromatic N) is 2. The maximum absolute atomic E-state index is 13.5. The molecule has 6 amide bonds. The van der Waals surface area contributed by atoms with Gasteiger partial charge in [-0.2, -0.15) is 0 Å². The molecular weight excluding hydrogens is 355 g/mol. The van der Waals surface area contributed by atoms with E-state index in [1.165, 1.54) is 29.2 Å². The highest BCUT2D eigenvalue weighted by Crippen LogP contribution is 2.39. The number of halogens is 1. The Morgan fingerprint density at radius 3 is 2.48 bits per heavy atom. The summed E-state index contributed by atoms with van der Waals surface area (Å²) in [6, 6.07) is 4.01. The van der Waals surface area contributed by atoms with Gasteiger partial charge >= 0.3 is 12.1 Å². The summed E-state index contributed by atoms with van der Waals surface area (Å²) in [7, 11) is 1.56. The molecule has 1 aromatic carbocycles. The summed E-state index contributed by atoms with van der Waals surface area (Å²) in [6.07, 6.45) is 3.83. The van der Waals surface area contributed by atoms with Crippen LogP contribution in [0.5, 0.6) is 0 Å². The van der Waals surface area contributed by atoms with Gasteiger partial charge in [-0.1, -0.05) is 31.4 Å². The molecule has 0 bridgehead atoms. The van der Waals surface area contributed by atoms with Crippen molar-refractivity contribution in [3.63, 3.8) is 0 Å². The molecule has 1 aromatic rings. The first-order valence-corrected chi connectivity index (χ1v) is 8.80. The van der Waals surface area contributed by atoms with Crippen LogP contribution < -0.4 is 10.6 Å². The molecule has 1 aliphatic heterocycles. The van der Waals surface area contributed by atoms with Gasteiger partial charge in [0.2, 0.25) is 5.91 Å². The standard InChI is InChI=1S/C18H21FN4O4/c1-22-17(27)23(15(25)18(22)9-5-2-6-10-18)11-14(24)21-16(26)20-13-8-4-3-7-12(13)19/h3-4,7-8H,2,5-6,9-11H2,1H3,(H2,20,21,24,26). The molecule has 2 aliphatic rings. The van der Waals surface area contributed by atoms with Crippen LogP contribution in [0.1, 0.15) is 32.1 Å². The first-order chi connectivity index (χ1) is 12.8. The van der Waals surface area contributed by atoms with E-state index in [2.05, 4.69) is 5.32 Å². The maximum atomic E-state index is 13.5. The molecule has 27 heavy (non-hydrogen) atoms. The van der Waals surface area contributed by atoms with Crippen molar-refractivity contribution < 1.29 is 23.6 Å². The van der Waals surface area contributed by atoms with Crippen molar-refractivity contribution in [3.8, 4) is 0 Å². The molecule has 3 rings (SSSR count). The lowest BCUT2D eigenvalue weighted by Crippen LogP contribution is -2.49. The molecule has 9 heteroatoms. The highest BCUT2D eigenvalue weighted by molar-refractivity contribution is 6.10. The van der Waals surface area contributed by atoms with Crippen molar-refractivity contribution in [2.45, 2.75) is 37.6 Å². The number of rotatable bonds is 3. The lowest BCUT2D eigenvalue weighted by Gasteiger charge is -2.35. The Morgan fingerprint density at radius 1 is 1.15 bits per heavy atom. The zero-order chi connectivity index (χ0) is 19.6. The van der Waals surface area contributed by atoms with E-state index in [9.17, 15) is 23.6 Å². The predicted octanol–water partition coefficient (Wildman–Crippen LogP) is 2.07. The Hall–Kier alpha value is -2.97. The third-order valence-corrected chi connectivity index (χ3v) is 5.16. The van der Waals surface area contributed by atoms with Gasteiger partial charge in [-0.3, -0.25) is 19.8 Å². The summed E-state index contributed by atoms with van der Waals surface area (Å²) in [6.45, 7) is -0.561. The Bertz CT molecular complexity index is 791. The summed E-state index contributed by atoms with van der Waals surface area (Å²) >= 11 is 0. The van der Waals surface area contributed by atoms with E-state index < -0.39 is 41.8 Å². The molecule has 1 aliphatic carbocycles. The second-order valence-corrected chi connectivity index (χ2v) is 6.81. The number of carbonyl (C=O) groups excluding carboxylic acids is 4. The van der Waals surface area contributed by atoms with E-state index in [4.69, 9.17) is 0 Å². The molecule has 0 radical (unpaired) electrons. The Balaban J connectivity index is 1.62. The highest BCUT2D eigenvalue weighted by atomic mass is 19.1. The fourth-order valence-electron chi connectivity index (χ4n) is 3.70. The topological polar surface area (TPSA) is 98.8 Å². The summed E-state index contributed by atoms with van der Waals surface area (Å²) in [5, 5.41) is 4.22. The smallest absolute Gasteiger partial charge is 0.313 e. The molecule has 144 valence electrons. The maximum Gasteiger partial charge on any atom is 0.327 e. The molecule has 1 saturated carbocycles. The van der Waals surface area contributed by atoms with E-state index >= 15 is 0 Å². The van der Waals surface area contributed by atoms with Crippen molar-refractivity contribution in [3.05, 3.63) is 30.1 Å². The second-order valence-electron chi connectivity index (χ2n) is 6.81. The molecule has 2 fully saturated rings. The minimum Gasteiger partial charge on any atom is -0.313 e. The zero-order valence-corrected chi connectivity index (χ0v) is 15.0. The average Bonchev–Trinajstić information content (AvgIpc) is 2.80. The van der Waals surface area contributed by atoms with Gasteiger partial charge in [-0.25, -0.2) is 14.0 Å². The summed E-state index contributed by atoms with van der Waals surface area (Å²) in [5.74, 6) is -1.88. The number of hydrogen-bond donors (Lipinski definition) is 2. The van der Waals surface area contributed by atoms with Crippen LogP contribution >= 0.6 is 0 Å². The lowest BCUT2D eigenvalue weighted by atomic mass is 9.81. The van der Waals surface area contributed by atoms with Gasteiger partial charge < -0.3 is 10.2 Å². The second kappa shape index (κ2) is 7.34. The van der Waals surface area contributed by atoms with Crippen molar-refractivity contribution >= 4 is 29.6 Å². The Morgan fingerprint density at radius 2 is 1.81 bits per heavy atom. The third-order valence-electron chi connectivity index (χ3n) is 5.16. The van der Waals surface area contributed by atoms with Crippen LogP contribution in [0.4, 0.5) is 19.7 Å². The normalized spacial score (nSPS) is 18.7. The summed E-state index contributed by atoms with van der Waals surface area (Å²) in [5.41, 5.74) is -0.970. The molecule has 2 N–H and O–H groups in total. The first-order valence-electron chi connectivity index (χ1n) is 8.80. The number of para-hydroxylation sites is 1. The first kappa shape index (κ1) is 18.8. The fourth-order valence-corrected chi connectivity index (χ4v) is 3.70. The van der Waals surface area contributed by atoms with Crippen molar-refractivity contribution in [1.82, 2.24) is 15.1 Å². The summed E-state index contributed by atoms with van der Waals surface area (Å²) in [4.78, 5) is 51.5. The molecule has 0 unspecified atom stereocenters. The van der Waals surface area contributed by atoms with Crippen LogP contribution in [-0.2, 0) is 9.59 Å². The van der Waals surface area contributed by atoms with E-state index in [1.807, 2.05) is 5.32 Å². The number of anilines is 1. The van der Waals surface area contributed by atoms with E-state index in [-0.39, 0.29) is 5.69 Å². The number of likely N-dealkylation sites (N-methyl/N-ethyl adjacent to an activating group) is 1. The number of benzene rings is 1. The SMILES string of the molecule is CN1C(=O)N(CC(=O)NC(=O)Nc2ccccc2F)C(=O)C12CCCCC2. The van der Waals surface area contributed by atoms with Gasteiger partial charge in [0.05, 0.1) is 5.69 Å². The number of urea groups is 2. The van der Waals surface area contributed by atoms with Crippen LogP contribution in [0.3, 0.4) is 0 Å². The van der Waals surface area contributed by atoms with Gasteiger partial charge in [0.25, 0.3) is 5.91 Å². The number of imide groups is 2. The fraction of sp³-hybridized carbons (Fsp3) is 0.444. The zero-order valence-electron chi connectivity index (χ0n) is 15.0. The van der Waals surface area contributed by atoms with Crippen LogP contribution in [0.15, 0.2) is 24.3 Å². The van der Waals surface area contributed by atoms with Crippen molar-refractivity contribution in [2.75, 3.05) is 18.9 Å². The minimum atomic E-state index is -0.940. The largest absolute Gasteiger partial charge is 0.327 e. The molecular formula is C18H21FN4O4. The van der Waals surface area contributed by atoms with Crippen molar-refractivity contribution in [1.29, 1.82) is 0 Å².